The number of hydrogen-bond donors (Lipinski definition) is 2. The largest absolute Gasteiger partial charge is 0.478 e. The summed E-state index contributed by atoms with van der Waals surface area (Å²) in [4.78, 5) is 19.2. The molecule has 0 bridgehead atoms. The second-order valence-corrected chi connectivity index (χ2v) is 4.06. The van der Waals surface area contributed by atoms with E-state index >= 15 is 0 Å². The van der Waals surface area contributed by atoms with E-state index in [4.69, 9.17) is 5.11 Å². The van der Waals surface area contributed by atoms with Crippen LogP contribution in [0.1, 0.15) is 21.6 Å². The highest BCUT2D eigenvalue weighted by molar-refractivity contribution is 5.88. The van der Waals surface area contributed by atoms with Crippen LogP contribution in [0.3, 0.4) is 0 Å². The molecule has 92 valence electrons. The van der Waals surface area contributed by atoms with Crippen LogP contribution in [0.15, 0.2) is 30.6 Å². The maximum absolute atomic E-state index is 10.9. The molecule has 0 spiro atoms. The summed E-state index contributed by atoms with van der Waals surface area (Å²) in [5.74, 6) is -0.467. The Morgan fingerprint density at radius 1 is 1.22 bits per heavy atom. The molecule has 0 radical (unpaired) electrons. The lowest BCUT2D eigenvalue weighted by atomic mass is 10.2. The fraction of sp³-hybridized carbons (Fsp3) is 0.154. The van der Waals surface area contributed by atoms with E-state index in [0.29, 0.717) is 11.5 Å². The number of pyridine rings is 2. The van der Waals surface area contributed by atoms with E-state index in [9.17, 15) is 4.79 Å². The van der Waals surface area contributed by atoms with Gasteiger partial charge in [0.2, 0.25) is 0 Å². The fourth-order valence-electron chi connectivity index (χ4n) is 1.63. The van der Waals surface area contributed by atoms with Crippen molar-refractivity contribution < 1.29 is 9.90 Å². The third-order valence-electron chi connectivity index (χ3n) is 2.35. The molecular formula is C13H13N3O2. The third-order valence-corrected chi connectivity index (χ3v) is 2.35. The maximum atomic E-state index is 10.9. The monoisotopic (exact) mass is 243 g/mol. The molecular weight excluding hydrogens is 230 g/mol. The lowest BCUT2D eigenvalue weighted by Gasteiger charge is -2.07. The van der Waals surface area contributed by atoms with Crippen molar-refractivity contribution in [2.45, 2.75) is 13.8 Å². The third kappa shape index (κ3) is 2.82. The first-order valence-electron chi connectivity index (χ1n) is 5.45. The van der Waals surface area contributed by atoms with Gasteiger partial charge >= 0.3 is 5.97 Å². The van der Waals surface area contributed by atoms with Gasteiger partial charge in [-0.2, -0.15) is 0 Å². The first kappa shape index (κ1) is 12.0. The number of aryl methyl sites for hydroxylation is 2. The molecule has 2 heterocycles. The van der Waals surface area contributed by atoms with Crippen LogP contribution in [-0.2, 0) is 0 Å². The molecule has 0 aliphatic rings. The SMILES string of the molecule is Cc1cncc(Nc2cc(C(=O)O)cc(C)n2)c1. The van der Waals surface area contributed by atoms with Crippen molar-refractivity contribution in [2.24, 2.45) is 0 Å². The number of aromatic carboxylic acids is 1. The lowest BCUT2D eigenvalue weighted by Crippen LogP contribution is -2.02. The van der Waals surface area contributed by atoms with Gasteiger partial charge in [0.15, 0.2) is 0 Å². The number of anilines is 2. The van der Waals surface area contributed by atoms with Crippen molar-refractivity contribution in [1.29, 1.82) is 0 Å². The van der Waals surface area contributed by atoms with E-state index < -0.39 is 5.97 Å². The van der Waals surface area contributed by atoms with Crippen LogP contribution in [0.5, 0.6) is 0 Å². The van der Waals surface area contributed by atoms with Crippen molar-refractivity contribution in [1.82, 2.24) is 9.97 Å². The molecule has 0 atom stereocenters. The molecule has 5 heteroatoms. The Morgan fingerprint density at radius 2 is 2.00 bits per heavy atom. The van der Waals surface area contributed by atoms with Gasteiger partial charge in [-0.05, 0) is 37.6 Å². The van der Waals surface area contributed by atoms with E-state index in [1.165, 1.54) is 12.1 Å². The summed E-state index contributed by atoms with van der Waals surface area (Å²) in [5, 5.41) is 12.0. The second-order valence-electron chi connectivity index (χ2n) is 4.06. The number of nitrogens with zero attached hydrogens (tertiary/aromatic N) is 2. The van der Waals surface area contributed by atoms with Gasteiger partial charge in [-0.15, -0.1) is 0 Å². The number of rotatable bonds is 3. The minimum absolute atomic E-state index is 0.214. The molecule has 0 unspecified atom stereocenters. The molecule has 5 nitrogen and oxygen atoms in total. The molecule has 0 aliphatic heterocycles. The highest BCUT2D eigenvalue weighted by Crippen LogP contribution is 2.16. The van der Waals surface area contributed by atoms with Gasteiger partial charge in [-0.25, -0.2) is 9.78 Å². The molecule has 2 rings (SSSR count). The van der Waals surface area contributed by atoms with Crippen molar-refractivity contribution in [3.63, 3.8) is 0 Å². The normalized spacial score (nSPS) is 10.1. The average Bonchev–Trinajstić information content (AvgIpc) is 2.28. The maximum Gasteiger partial charge on any atom is 0.335 e. The van der Waals surface area contributed by atoms with Crippen LogP contribution in [0.4, 0.5) is 11.5 Å². The molecule has 0 aliphatic carbocycles. The van der Waals surface area contributed by atoms with Crippen molar-refractivity contribution in [2.75, 3.05) is 5.32 Å². The quantitative estimate of drug-likeness (QED) is 0.866. The minimum atomic E-state index is -0.967. The van der Waals surface area contributed by atoms with Gasteiger partial charge in [-0.3, -0.25) is 4.98 Å². The molecule has 18 heavy (non-hydrogen) atoms. The second kappa shape index (κ2) is 4.83. The van der Waals surface area contributed by atoms with Crippen molar-refractivity contribution >= 4 is 17.5 Å². The Bertz CT molecular complexity index is 597. The topological polar surface area (TPSA) is 75.1 Å². The van der Waals surface area contributed by atoms with E-state index in [1.54, 1.807) is 19.3 Å². The predicted octanol–water partition coefficient (Wildman–Crippen LogP) is 2.54. The fourth-order valence-corrected chi connectivity index (χ4v) is 1.63. The van der Waals surface area contributed by atoms with Crippen LogP contribution in [0, 0.1) is 13.8 Å². The number of carboxylic acids is 1. The molecule has 0 saturated heterocycles. The van der Waals surface area contributed by atoms with E-state index in [0.717, 1.165) is 11.3 Å². The van der Waals surface area contributed by atoms with Gasteiger partial charge < -0.3 is 10.4 Å². The molecule has 0 saturated carbocycles. The number of nitrogens with one attached hydrogen (secondary N) is 1. The molecule has 0 aromatic carbocycles. The summed E-state index contributed by atoms with van der Waals surface area (Å²) in [6, 6.07) is 4.94. The predicted molar refractivity (Wildman–Crippen MR) is 68.2 cm³/mol. The first-order chi connectivity index (χ1) is 8.54. The Morgan fingerprint density at radius 3 is 2.67 bits per heavy atom. The lowest BCUT2D eigenvalue weighted by molar-refractivity contribution is 0.0696. The zero-order valence-electron chi connectivity index (χ0n) is 10.1. The van der Waals surface area contributed by atoms with Crippen LogP contribution in [0.2, 0.25) is 0 Å². The number of hydrogen-bond acceptors (Lipinski definition) is 4. The highest BCUT2D eigenvalue weighted by Gasteiger charge is 2.06. The zero-order valence-corrected chi connectivity index (χ0v) is 10.1. The first-order valence-corrected chi connectivity index (χ1v) is 5.45. The molecule has 2 aromatic rings. The van der Waals surface area contributed by atoms with Crippen LogP contribution < -0.4 is 5.32 Å². The smallest absolute Gasteiger partial charge is 0.335 e. The van der Waals surface area contributed by atoms with Gasteiger partial charge in [0, 0.05) is 11.9 Å². The standard InChI is InChI=1S/C13H13N3O2/c1-8-3-11(7-14-6-8)16-12-5-10(13(17)18)4-9(2)15-12/h3-7H,1-2H3,(H,15,16)(H,17,18). The molecule has 0 amide bonds. The zero-order chi connectivity index (χ0) is 13.1. The van der Waals surface area contributed by atoms with Gasteiger partial charge in [0.1, 0.15) is 5.82 Å². The van der Waals surface area contributed by atoms with Gasteiger partial charge in [0.25, 0.3) is 0 Å². The summed E-state index contributed by atoms with van der Waals surface area (Å²) in [6.45, 7) is 3.69. The molecule has 2 N–H and O–H groups in total. The Kier molecular flexibility index (Phi) is 3.23. The summed E-state index contributed by atoms with van der Waals surface area (Å²) < 4.78 is 0. The van der Waals surface area contributed by atoms with E-state index in [-0.39, 0.29) is 5.56 Å². The summed E-state index contributed by atoms with van der Waals surface area (Å²) in [7, 11) is 0. The van der Waals surface area contributed by atoms with Crippen molar-refractivity contribution in [3.8, 4) is 0 Å². The van der Waals surface area contributed by atoms with Gasteiger partial charge in [0.05, 0.1) is 17.4 Å². The number of aromatic nitrogens is 2. The Labute approximate surface area is 105 Å². The van der Waals surface area contributed by atoms with Gasteiger partial charge in [-0.1, -0.05) is 0 Å². The van der Waals surface area contributed by atoms with Crippen molar-refractivity contribution in [3.05, 3.63) is 47.4 Å². The minimum Gasteiger partial charge on any atom is -0.478 e. The van der Waals surface area contributed by atoms with E-state index in [1.807, 2.05) is 13.0 Å². The van der Waals surface area contributed by atoms with Crippen LogP contribution >= 0.6 is 0 Å². The number of carboxylic acid groups (broad SMARTS) is 1. The summed E-state index contributed by atoms with van der Waals surface area (Å²) in [6.07, 6.45) is 3.41. The van der Waals surface area contributed by atoms with Crippen LogP contribution in [0.25, 0.3) is 0 Å². The Hall–Kier alpha value is -2.43. The Balaban J connectivity index is 2.31. The molecule has 2 aromatic heterocycles. The number of carbonyl (C=O) groups is 1. The van der Waals surface area contributed by atoms with E-state index in [2.05, 4.69) is 15.3 Å². The molecule has 0 fully saturated rings. The average molecular weight is 243 g/mol. The summed E-state index contributed by atoms with van der Waals surface area (Å²) >= 11 is 0. The summed E-state index contributed by atoms with van der Waals surface area (Å²) in [5.41, 5.74) is 2.67. The van der Waals surface area contributed by atoms with Crippen LogP contribution in [-0.4, -0.2) is 21.0 Å². The highest BCUT2D eigenvalue weighted by atomic mass is 16.4.